The summed E-state index contributed by atoms with van der Waals surface area (Å²) >= 11 is 0. The van der Waals surface area contributed by atoms with Gasteiger partial charge in [0.25, 0.3) is 0 Å². The quantitative estimate of drug-likeness (QED) is 0.836. The maximum Gasteiger partial charge on any atom is 0.225 e. The minimum absolute atomic E-state index is 0.461. The first-order chi connectivity index (χ1) is 6.94. The van der Waals surface area contributed by atoms with E-state index in [9.17, 15) is 8.42 Å². The van der Waals surface area contributed by atoms with Crippen LogP contribution in [0.4, 0.5) is 0 Å². The molecule has 1 unspecified atom stereocenters. The molecule has 1 heterocycles. The van der Waals surface area contributed by atoms with Crippen LogP contribution in [0.3, 0.4) is 0 Å². The fourth-order valence-electron chi connectivity index (χ4n) is 1.14. The van der Waals surface area contributed by atoms with E-state index in [4.69, 9.17) is 9.68 Å². The predicted octanol–water partition coefficient (Wildman–Crippen LogP) is 1.09. The zero-order chi connectivity index (χ0) is 11.5. The number of hydrogen-bond acceptors (Lipinski definition) is 4. The molecule has 82 valence electrons. The van der Waals surface area contributed by atoms with Crippen LogP contribution in [-0.2, 0) is 10.0 Å². The molecule has 6 heteroatoms. The van der Waals surface area contributed by atoms with Gasteiger partial charge < -0.3 is 4.42 Å². The summed E-state index contributed by atoms with van der Waals surface area (Å²) in [6.07, 6.45) is 0. The zero-order valence-corrected chi connectivity index (χ0v) is 9.34. The highest BCUT2D eigenvalue weighted by Gasteiger charge is 2.17. The Morgan fingerprint density at radius 1 is 1.60 bits per heavy atom. The van der Waals surface area contributed by atoms with Crippen molar-refractivity contribution in [2.75, 3.05) is 5.75 Å². The van der Waals surface area contributed by atoms with Crippen LogP contribution in [0.2, 0.25) is 0 Å². The molecule has 0 bridgehead atoms. The van der Waals surface area contributed by atoms with Crippen LogP contribution >= 0.6 is 0 Å². The standard InChI is InChI=1S/C9H12N2O3S/c1-7-3-4-9(14-7)8(2)11-15(12,13)6-5-10/h3-4,8,11H,6H2,1-2H3. The molecule has 1 atom stereocenters. The third-order valence-corrected chi connectivity index (χ3v) is 3.02. The van der Waals surface area contributed by atoms with Crippen LogP contribution in [-0.4, -0.2) is 14.2 Å². The molecule has 0 fully saturated rings. The van der Waals surface area contributed by atoms with Gasteiger partial charge in [0.1, 0.15) is 11.5 Å². The summed E-state index contributed by atoms with van der Waals surface area (Å²) in [7, 11) is -3.54. The largest absolute Gasteiger partial charge is 0.465 e. The Labute approximate surface area is 88.8 Å². The Morgan fingerprint density at radius 2 is 2.27 bits per heavy atom. The van der Waals surface area contributed by atoms with Crippen LogP contribution in [0, 0.1) is 18.3 Å². The van der Waals surface area contributed by atoms with Crippen LogP contribution in [0.25, 0.3) is 0 Å². The van der Waals surface area contributed by atoms with Crippen molar-refractivity contribution < 1.29 is 12.8 Å². The van der Waals surface area contributed by atoms with Crippen LogP contribution in [0.5, 0.6) is 0 Å². The molecule has 1 aromatic rings. The molecule has 0 aromatic carbocycles. The van der Waals surface area contributed by atoms with Crippen LogP contribution in [0.15, 0.2) is 16.5 Å². The number of nitriles is 1. The number of furan rings is 1. The molecule has 0 spiro atoms. The molecule has 0 aliphatic rings. The van der Waals surface area contributed by atoms with Crippen molar-refractivity contribution in [3.05, 3.63) is 23.7 Å². The third-order valence-electron chi connectivity index (χ3n) is 1.80. The van der Waals surface area contributed by atoms with Gasteiger partial charge in [-0.05, 0) is 26.0 Å². The second-order valence-corrected chi connectivity index (χ2v) is 4.96. The van der Waals surface area contributed by atoms with Gasteiger partial charge in [0.15, 0.2) is 5.75 Å². The molecule has 1 aromatic heterocycles. The molecule has 0 aliphatic heterocycles. The molecule has 1 rings (SSSR count). The van der Waals surface area contributed by atoms with E-state index in [1.165, 1.54) is 0 Å². The minimum Gasteiger partial charge on any atom is -0.465 e. The predicted molar refractivity (Wildman–Crippen MR) is 54.4 cm³/mol. The topological polar surface area (TPSA) is 83.1 Å². The van der Waals surface area contributed by atoms with Gasteiger partial charge in [0.2, 0.25) is 10.0 Å². The number of aryl methyl sites for hydroxylation is 1. The summed E-state index contributed by atoms with van der Waals surface area (Å²) in [6.45, 7) is 3.44. The number of hydrogen-bond donors (Lipinski definition) is 1. The van der Waals surface area contributed by atoms with Gasteiger partial charge in [-0.3, -0.25) is 0 Å². The highest BCUT2D eigenvalue weighted by molar-refractivity contribution is 7.89. The summed E-state index contributed by atoms with van der Waals surface area (Å²) in [6, 6.07) is 4.59. The number of nitrogens with one attached hydrogen (secondary N) is 1. The van der Waals surface area contributed by atoms with Crippen molar-refractivity contribution in [2.45, 2.75) is 19.9 Å². The van der Waals surface area contributed by atoms with E-state index in [1.54, 1.807) is 32.0 Å². The Kier molecular flexibility index (Phi) is 3.50. The SMILES string of the molecule is Cc1ccc(C(C)NS(=O)(=O)CC#N)o1. The summed E-state index contributed by atoms with van der Waals surface area (Å²) in [5.41, 5.74) is 0. The van der Waals surface area contributed by atoms with Gasteiger partial charge in [0, 0.05) is 0 Å². The van der Waals surface area contributed by atoms with Gasteiger partial charge in [-0.15, -0.1) is 0 Å². The van der Waals surface area contributed by atoms with Crippen molar-refractivity contribution >= 4 is 10.0 Å². The summed E-state index contributed by atoms with van der Waals surface area (Å²) < 4.78 is 30.1. The Hall–Kier alpha value is -1.32. The molecule has 0 aliphatic carbocycles. The lowest BCUT2D eigenvalue weighted by atomic mass is 10.3. The van der Waals surface area contributed by atoms with Crippen molar-refractivity contribution in [3.63, 3.8) is 0 Å². The van der Waals surface area contributed by atoms with Crippen molar-refractivity contribution in [3.8, 4) is 6.07 Å². The van der Waals surface area contributed by atoms with E-state index in [2.05, 4.69) is 4.72 Å². The Bertz CT molecular complexity index is 470. The smallest absolute Gasteiger partial charge is 0.225 e. The molecule has 0 saturated carbocycles. The van der Waals surface area contributed by atoms with E-state index >= 15 is 0 Å². The van der Waals surface area contributed by atoms with Gasteiger partial charge in [-0.1, -0.05) is 0 Å². The Morgan fingerprint density at radius 3 is 2.73 bits per heavy atom. The molecule has 0 amide bonds. The maximum absolute atomic E-state index is 11.2. The molecular weight excluding hydrogens is 216 g/mol. The first-order valence-corrected chi connectivity index (χ1v) is 6.03. The van der Waals surface area contributed by atoms with E-state index in [0.717, 1.165) is 5.76 Å². The van der Waals surface area contributed by atoms with Gasteiger partial charge in [0.05, 0.1) is 12.1 Å². The lowest BCUT2D eigenvalue weighted by Gasteiger charge is -2.09. The van der Waals surface area contributed by atoms with Crippen LogP contribution < -0.4 is 4.72 Å². The van der Waals surface area contributed by atoms with Gasteiger partial charge in [-0.25, -0.2) is 13.1 Å². The average molecular weight is 228 g/mol. The third kappa shape index (κ3) is 3.38. The Balaban J connectivity index is 2.72. The molecule has 0 radical (unpaired) electrons. The normalized spacial score (nSPS) is 13.4. The van der Waals surface area contributed by atoms with E-state index < -0.39 is 21.8 Å². The van der Waals surface area contributed by atoms with E-state index in [1.807, 2.05) is 0 Å². The molecule has 15 heavy (non-hydrogen) atoms. The molecular formula is C9H12N2O3S. The van der Waals surface area contributed by atoms with E-state index in [0.29, 0.717) is 5.76 Å². The fraction of sp³-hybridized carbons (Fsp3) is 0.444. The monoisotopic (exact) mass is 228 g/mol. The van der Waals surface area contributed by atoms with Crippen molar-refractivity contribution in [1.82, 2.24) is 4.72 Å². The first-order valence-electron chi connectivity index (χ1n) is 4.38. The zero-order valence-electron chi connectivity index (χ0n) is 8.52. The highest BCUT2D eigenvalue weighted by atomic mass is 32.2. The van der Waals surface area contributed by atoms with E-state index in [-0.39, 0.29) is 0 Å². The highest BCUT2D eigenvalue weighted by Crippen LogP contribution is 2.16. The van der Waals surface area contributed by atoms with Crippen molar-refractivity contribution in [1.29, 1.82) is 5.26 Å². The minimum atomic E-state index is -3.54. The number of nitrogens with zero attached hydrogens (tertiary/aromatic N) is 1. The first kappa shape index (κ1) is 11.8. The van der Waals surface area contributed by atoms with Gasteiger partial charge >= 0.3 is 0 Å². The van der Waals surface area contributed by atoms with Crippen LogP contribution in [0.1, 0.15) is 24.5 Å². The molecule has 1 N–H and O–H groups in total. The molecule has 5 nitrogen and oxygen atoms in total. The maximum atomic E-state index is 11.2. The lowest BCUT2D eigenvalue weighted by molar-refractivity contribution is 0.441. The average Bonchev–Trinajstić information content (AvgIpc) is 2.50. The number of sulfonamides is 1. The van der Waals surface area contributed by atoms with Gasteiger partial charge in [-0.2, -0.15) is 5.26 Å². The fourth-order valence-corrected chi connectivity index (χ4v) is 2.05. The van der Waals surface area contributed by atoms with Crippen molar-refractivity contribution in [2.24, 2.45) is 0 Å². The second-order valence-electron chi connectivity index (χ2n) is 3.21. The summed E-state index contributed by atoms with van der Waals surface area (Å²) in [4.78, 5) is 0. The molecule has 0 saturated heterocycles. The number of rotatable bonds is 4. The second kappa shape index (κ2) is 4.47. The summed E-state index contributed by atoms with van der Waals surface area (Å²) in [5.74, 6) is 0.710. The lowest BCUT2D eigenvalue weighted by Crippen LogP contribution is -2.28. The summed E-state index contributed by atoms with van der Waals surface area (Å²) in [5, 5.41) is 8.30.